The number of benzene rings is 1. The first-order chi connectivity index (χ1) is 9.90. The van der Waals surface area contributed by atoms with E-state index in [-0.39, 0.29) is 15.8 Å². The Bertz CT molecular complexity index is 619. The molecule has 1 saturated heterocycles. The third-order valence-corrected chi connectivity index (χ3v) is 6.74. The van der Waals surface area contributed by atoms with Crippen LogP contribution in [0.1, 0.15) is 31.7 Å². The normalized spacial score (nSPS) is 20.1. The SMILES string of the molecule is CCCC1CCN(S(=O)(=O)c2cc(Cl)cc(CCl)c2Cl)C1. The molecule has 0 amide bonds. The summed E-state index contributed by atoms with van der Waals surface area (Å²) in [7, 11) is -3.62. The highest BCUT2D eigenvalue weighted by molar-refractivity contribution is 7.89. The van der Waals surface area contributed by atoms with E-state index in [9.17, 15) is 8.42 Å². The van der Waals surface area contributed by atoms with Crippen LogP contribution in [0.25, 0.3) is 0 Å². The monoisotopic (exact) mass is 369 g/mol. The van der Waals surface area contributed by atoms with Crippen molar-refractivity contribution >= 4 is 44.8 Å². The van der Waals surface area contributed by atoms with E-state index >= 15 is 0 Å². The minimum Gasteiger partial charge on any atom is -0.207 e. The maximum Gasteiger partial charge on any atom is 0.244 e. The van der Waals surface area contributed by atoms with Crippen LogP contribution < -0.4 is 0 Å². The molecule has 1 unspecified atom stereocenters. The second-order valence-electron chi connectivity index (χ2n) is 5.32. The predicted molar refractivity (Wildman–Crippen MR) is 87.8 cm³/mol. The average Bonchev–Trinajstić information content (AvgIpc) is 2.90. The fourth-order valence-electron chi connectivity index (χ4n) is 2.70. The Labute approximate surface area is 141 Å². The topological polar surface area (TPSA) is 37.4 Å². The third kappa shape index (κ3) is 3.67. The Morgan fingerprint density at radius 3 is 2.67 bits per heavy atom. The van der Waals surface area contributed by atoms with Crippen molar-refractivity contribution in [1.82, 2.24) is 4.31 Å². The molecule has 7 heteroatoms. The van der Waals surface area contributed by atoms with Crippen LogP contribution in [0.2, 0.25) is 10.0 Å². The van der Waals surface area contributed by atoms with Crippen LogP contribution in [-0.4, -0.2) is 25.8 Å². The number of hydrogen-bond donors (Lipinski definition) is 0. The summed E-state index contributed by atoms with van der Waals surface area (Å²) in [4.78, 5) is 0.0597. The first kappa shape index (κ1) is 17.4. The lowest BCUT2D eigenvalue weighted by Gasteiger charge is -2.18. The predicted octanol–water partition coefficient (Wildman–Crippen LogP) is 4.54. The minimum atomic E-state index is -3.62. The smallest absolute Gasteiger partial charge is 0.207 e. The second-order valence-corrected chi connectivity index (χ2v) is 8.31. The van der Waals surface area contributed by atoms with Crippen molar-refractivity contribution in [2.45, 2.75) is 37.0 Å². The highest BCUT2D eigenvalue weighted by Gasteiger charge is 2.34. The number of rotatable bonds is 5. The molecule has 0 aromatic heterocycles. The fourth-order valence-corrected chi connectivity index (χ4v) is 5.42. The van der Waals surface area contributed by atoms with Gasteiger partial charge in [0, 0.05) is 24.0 Å². The van der Waals surface area contributed by atoms with E-state index in [1.807, 2.05) is 0 Å². The van der Waals surface area contributed by atoms with Crippen LogP contribution in [0.3, 0.4) is 0 Å². The van der Waals surface area contributed by atoms with E-state index in [2.05, 4.69) is 6.92 Å². The molecular formula is C14H18Cl3NO2S. The maximum absolute atomic E-state index is 12.8. The second kappa shape index (κ2) is 7.05. The Morgan fingerprint density at radius 2 is 2.05 bits per heavy atom. The van der Waals surface area contributed by atoms with Crippen LogP contribution in [-0.2, 0) is 15.9 Å². The van der Waals surface area contributed by atoms with Crippen molar-refractivity contribution in [3.05, 3.63) is 27.7 Å². The van der Waals surface area contributed by atoms with Gasteiger partial charge in [0.25, 0.3) is 0 Å². The molecule has 1 aromatic rings. The molecule has 1 heterocycles. The minimum absolute atomic E-state index is 0.0597. The fraction of sp³-hybridized carbons (Fsp3) is 0.571. The van der Waals surface area contributed by atoms with E-state index in [4.69, 9.17) is 34.8 Å². The molecule has 1 aliphatic heterocycles. The molecule has 118 valence electrons. The van der Waals surface area contributed by atoms with Crippen LogP contribution in [0.15, 0.2) is 17.0 Å². The van der Waals surface area contributed by atoms with Crippen molar-refractivity contribution in [3.63, 3.8) is 0 Å². The van der Waals surface area contributed by atoms with Crippen molar-refractivity contribution in [3.8, 4) is 0 Å². The molecule has 1 fully saturated rings. The third-order valence-electron chi connectivity index (χ3n) is 3.79. The molecule has 0 aliphatic carbocycles. The molecule has 2 rings (SSSR count). The van der Waals surface area contributed by atoms with Gasteiger partial charge in [-0.1, -0.05) is 36.5 Å². The van der Waals surface area contributed by atoms with Gasteiger partial charge in [-0.25, -0.2) is 8.42 Å². The molecule has 0 spiro atoms. The summed E-state index contributed by atoms with van der Waals surface area (Å²) in [6.45, 7) is 3.19. The molecular weight excluding hydrogens is 353 g/mol. The van der Waals surface area contributed by atoms with E-state index < -0.39 is 10.0 Å². The summed E-state index contributed by atoms with van der Waals surface area (Å²) < 4.78 is 27.0. The van der Waals surface area contributed by atoms with Gasteiger partial charge in [-0.2, -0.15) is 4.31 Å². The Hall–Kier alpha value is -0.000000000000000111. The lowest BCUT2D eigenvalue weighted by atomic mass is 10.0. The summed E-state index contributed by atoms with van der Waals surface area (Å²) in [5.41, 5.74) is 0.536. The van der Waals surface area contributed by atoms with E-state index in [1.165, 1.54) is 10.4 Å². The van der Waals surface area contributed by atoms with Crippen LogP contribution in [0.5, 0.6) is 0 Å². The van der Waals surface area contributed by atoms with Gasteiger partial charge in [0.1, 0.15) is 4.90 Å². The summed E-state index contributed by atoms with van der Waals surface area (Å²) in [5.74, 6) is 0.552. The summed E-state index contributed by atoms with van der Waals surface area (Å²) in [6, 6.07) is 3.00. The summed E-state index contributed by atoms with van der Waals surface area (Å²) in [6.07, 6.45) is 3.00. The molecule has 0 N–H and O–H groups in total. The van der Waals surface area contributed by atoms with Crippen molar-refractivity contribution in [2.75, 3.05) is 13.1 Å². The highest BCUT2D eigenvalue weighted by Crippen LogP contribution is 2.34. The standard InChI is InChI=1S/C14H18Cl3NO2S/c1-2-3-10-4-5-18(9-10)21(19,20)13-7-12(16)6-11(8-15)14(13)17/h6-7,10H,2-5,8-9H2,1H3. The van der Waals surface area contributed by atoms with Crippen LogP contribution in [0, 0.1) is 5.92 Å². The first-order valence-corrected chi connectivity index (χ1v) is 9.67. The Kier molecular flexibility index (Phi) is 5.83. The van der Waals surface area contributed by atoms with Gasteiger partial charge in [0.15, 0.2) is 0 Å². The van der Waals surface area contributed by atoms with Gasteiger partial charge < -0.3 is 0 Å². The Morgan fingerprint density at radius 1 is 1.33 bits per heavy atom. The number of sulfonamides is 1. The van der Waals surface area contributed by atoms with Crippen molar-refractivity contribution < 1.29 is 8.42 Å². The summed E-state index contributed by atoms with van der Waals surface area (Å²) >= 11 is 18.0. The van der Waals surface area contributed by atoms with Crippen LogP contribution >= 0.6 is 34.8 Å². The zero-order valence-electron chi connectivity index (χ0n) is 11.8. The quantitative estimate of drug-likeness (QED) is 0.713. The van der Waals surface area contributed by atoms with E-state index in [0.717, 1.165) is 19.3 Å². The number of alkyl halides is 1. The Balaban J connectivity index is 2.35. The zero-order chi connectivity index (χ0) is 15.6. The number of hydrogen-bond acceptors (Lipinski definition) is 2. The lowest BCUT2D eigenvalue weighted by molar-refractivity contribution is 0.444. The van der Waals surface area contributed by atoms with Gasteiger partial charge in [-0.05, 0) is 36.5 Å². The van der Waals surface area contributed by atoms with Crippen molar-refractivity contribution in [2.24, 2.45) is 5.92 Å². The number of halogens is 3. The molecule has 0 bridgehead atoms. The largest absolute Gasteiger partial charge is 0.244 e. The van der Waals surface area contributed by atoms with Crippen LogP contribution in [0.4, 0.5) is 0 Å². The molecule has 21 heavy (non-hydrogen) atoms. The molecule has 0 saturated carbocycles. The maximum atomic E-state index is 12.8. The summed E-state index contributed by atoms with van der Waals surface area (Å²) in [5, 5.41) is 0.506. The van der Waals surface area contributed by atoms with Gasteiger partial charge in [-0.3, -0.25) is 0 Å². The van der Waals surface area contributed by atoms with Gasteiger partial charge in [0.2, 0.25) is 10.0 Å². The van der Waals surface area contributed by atoms with Gasteiger partial charge in [-0.15, -0.1) is 11.6 Å². The van der Waals surface area contributed by atoms with E-state index in [0.29, 0.717) is 29.6 Å². The molecule has 1 aliphatic rings. The number of nitrogens with zero attached hydrogens (tertiary/aromatic N) is 1. The van der Waals surface area contributed by atoms with Crippen molar-refractivity contribution in [1.29, 1.82) is 0 Å². The average molecular weight is 371 g/mol. The lowest BCUT2D eigenvalue weighted by Crippen LogP contribution is -2.29. The zero-order valence-corrected chi connectivity index (χ0v) is 14.9. The molecule has 1 aromatic carbocycles. The highest BCUT2D eigenvalue weighted by atomic mass is 35.5. The first-order valence-electron chi connectivity index (χ1n) is 6.94. The van der Waals surface area contributed by atoms with Gasteiger partial charge in [0.05, 0.1) is 5.02 Å². The molecule has 1 atom stereocenters. The molecule has 0 radical (unpaired) electrons. The van der Waals surface area contributed by atoms with E-state index in [1.54, 1.807) is 6.07 Å². The van der Waals surface area contributed by atoms with Gasteiger partial charge >= 0.3 is 0 Å². The molecule has 3 nitrogen and oxygen atoms in total.